The number of H-pyrrole nitrogens is 3. The number of furan rings is 3. The van der Waals surface area contributed by atoms with Crippen molar-refractivity contribution in [3.05, 3.63) is 180 Å². The standard InChI is InChI=1S/C17H24N2O2.C17H23NO3.C16H22N2O2.C16H21NO3.C15H20N2O2.C15H19NO3/c1-17(2,3)16(20)15-11-12-10-13(6-7-14(12)18-15)21-9-8-19(4)5;1-17(2,3)16(19)15-11-12-10-13(6-7-14(12)21-15)20-9-8-18(4)5;1-16(2,3)15(19)14-10-11-9-12(20-8-7-17-4)5-6-13(11)18-14;1-16(2,3)15(18)14-10-11-9-12(19-8-7-17-4)5-6-13(11)20-14;1-15(2,3)14(18)13-9-10-8-11(19-7-6-16)4-5-12(10)17-13;1-15(2,3)14(17)13-9-10-8-11(18-7-6-16)4-5-12(10)19-13/h6-7,10-11,18H,8-9H2,1-5H3;6-7,10-11H,8-9H2,1-5H3;5-6,9-10,17-18H,7-8H2,1-4H3;5-6,9-10,17H,7-8H2,1-4H3;4-5,8-9,17H,6-7,16H2,1-3H3;4-5,8-9H,6-7,16H2,1-3H3. The van der Waals surface area contributed by atoms with Gasteiger partial charge in [-0.25, -0.2) is 0 Å². The van der Waals surface area contributed by atoms with Crippen LogP contribution in [0.25, 0.3) is 65.6 Å². The van der Waals surface area contributed by atoms with Crippen LogP contribution >= 0.6 is 0 Å². The molecule has 0 radical (unpaired) electrons. The smallest absolute Gasteiger partial charge is 0.203 e. The quantitative estimate of drug-likeness (QED) is 0.0177. The lowest BCUT2D eigenvalue weighted by atomic mass is 9.89. The van der Waals surface area contributed by atoms with E-state index in [0.29, 0.717) is 104 Å². The number of ether oxygens (including phenoxy) is 6. The van der Waals surface area contributed by atoms with Crippen molar-refractivity contribution in [2.75, 3.05) is 121 Å². The molecule has 6 heterocycles. The van der Waals surface area contributed by atoms with Gasteiger partial charge in [0.15, 0.2) is 34.6 Å². The number of likely N-dealkylation sites (N-methyl/N-ethyl adjacent to an activating group) is 4. The van der Waals surface area contributed by atoms with Crippen LogP contribution in [0.3, 0.4) is 0 Å². The second kappa shape index (κ2) is 42.4. The highest BCUT2D eigenvalue weighted by Gasteiger charge is 2.31. The van der Waals surface area contributed by atoms with Gasteiger partial charge in [0.05, 0.1) is 17.1 Å². The molecule has 0 amide bonds. The van der Waals surface area contributed by atoms with E-state index in [1.54, 1.807) is 24.3 Å². The predicted molar refractivity (Wildman–Crippen MR) is 482 cm³/mol. The summed E-state index contributed by atoms with van der Waals surface area (Å²) in [5, 5.41) is 11.7. The van der Waals surface area contributed by atoms with Crippen LogP contribution in [0.5, 0.6) is 34.5 Å². The maximum absolute atomic E-state index is 12.3. The second-order valence-corrected chi connectivity index (χ2v) is 36.2. The van der Waals surface area contributed by atoms with Gasteiger partial charge < -0.3 is 88.5 Å². The minimum atomic E-state index is -0.452. The fraction of sp³-hybridized carbons (Fsp3) is 0.438. The fourth-order valence-corrected chi connectivity index (χ4v) is 11.5. The largest absolute Gasteiger partial charge is 0.492 e. The average Bonchev–Trinajstić information content (AvgIpc) is 1.70. The van der Waals surface area contributed by atoms with E-state index in [-0.39, 0.29) is 50.9 Å². The molecule has 0 fully saturated rings. The number of nitrogens with one attached hydrogen (secondary N) is 5. The number of aromatic amines is 3. The molecule has 0 bridgehead atoms. The number of benzene rings is 6. The first-order chi connectivity index (χ1) is 56.2. The summed E-state index contributed by atoms with van der Waals surface area (Å²) in [7, 11) is 11.8. The number of ketones is 6. The van der Waals surface area contributed by atoms with Crippen LogP contribution in [0.1, 0.15) is 188 Å². The van der Waals surface area contributed by atoms with Crippen LogP contribution in [-0.4, -0.2) is 181 Å². The first-order valence-corrected chi connectivity index (χ1v) is 40.7. The van der Waals surface area contributed by atoms with Gasteiger partial charge in [0.2, 0.25) is 17.3 Å². The number of carbonyl (C=O) groups excluding carboxylic acids is 6. The monoisotopic (exact) mass is 1650 g/mol. The van der Waals surface area contributed by atoms with Crippen molar-refractivity contribution >= 4 is 100 Å². The molecule has 0 spiro atoms. The van der Waals surface area contributed by atoms with E-state index >= 15 is 0 Å². The molecular formula is C96H129N9O15. The Balaban J connectivity index is 0.000000199. The third-order valence-electron chi connectivity index (χ3n) is 18.4. The summed E-state index contributed by atoms with van der Waals surface area (Å²) >= 11 is 0. The van der Waals surface area contributed by atoms with Crippen LogP contribution in [0.4, 0.5) is 0 Å². The van der Waals surface area contributed by atoms with Crippen molar-refractivity contribution in [2.24, 2.45) is 44.0 Å². The lowest BCUT2D eigenvalue weighted by Gasteiger charge is -2.14. The number of rotatable bonds is 28. The number of hydrogen-bond donors (Lipinski definition) is 7. The second-order valence-electron chi connectivity index (χ2n) is 36.2. The summed E-state index contributed by atoms with van der Waals surface area (Å²) in [5.74, 6) is 6.27. The van der Waals surface area contributed by atoms with Crippen molar-refractivity contribution in [1.82, 2.24) is 35.4 Å². The maximum atomic E-state index is 12.3. The van der Waals surface area contributed by atoms with Gasteiger partial charge in [-0.15, -0.1) is 0 Å². The van der Waals surface area contributed by atoms with E-state index in [1.807, 2.05) is 288 Å². The minimum absolute atomic E-state index is 0.00588. The third-order valence-corrected chi connectivity index (χ3v) is 18.4. The lowest BCUT2D eigenvalue weighted by molar-refractivity contribution is 0.0825. The Morgan fingerprint density at radius 2 is 0.533 bits per heavy atom. The van der Waals surface area contributed by atoms with Gasteiger partial charge in [0.25, 0.3) is 0 Å². The van der Waals surface area contributed by atoms with Crippen molar-refractivity contribution < 1.29 is 70.4 Å². The summed E-state index contributed by atoms with van der Waals surface area (Å²) < 4.78 is 50.4. The van der Waals surface area contributed by atoms with E-state index < -0.39 is 16.2 Å². The van der Waals surface area contributed by atoms with Crippen molar-refractivity contribution in [3.8, 4) is 34.5 Å². The van der Waals surface area contributed by atoms with Gasteiger partial charge in [0.1, 0.15) is 90.9 Å². The highest BCUT2D eigenvalue weighted by Crippen LogP contribution is 2.35. The maximum Gasteiger partial charge on any atom is 0.203 e. The number of aromatic nitrogens is 3. The molecule has 120 heavy (non-hydrogen) atoms. The highest BCUT2D eigenvalue weighted by atomic mass is 16.5. The highest BCUT2D eigenvalue weighted by molar-refractivity contribution is 6.06. The van der Waals surface area contributed by atoms with E-state index in [4.69, 9.17) is 53.1 Å². The lowest BCUT2D eigenvalue weighted by Crippen LogP contribution is -2.20. The predicted octanol–water partition coefficient (Wildman–Crippen LogP) is 18.9. The van der Waals surface area contributed by atoms with Gasteiger partial charge in [-0.1, -0.05) is 125 Å². The Morgan fingerprint density at radius 1 is 0.308 bits per heavy atom. The Kier molecular flexibility index (Phi) is 34.0. The molecule has 0 saturated carbocycles. The SMILES string of the molecule is CC(C)(C)C(=O)c1cc2cc(OCCN)ccc2[nH]1.CC(C)(C)C(=O)c1cc2cc(OCCN)ccc2o1.CN(C)CCOc1ccc2[nH]c(C(=O)C(C)(C)C)cc2c1.CN(C)CCOc1ccc2oc(C(=O)C(C)(C)C)cc2c1.CNCCOc1ccc2[nH]c(C(=O)C(C)(C)C)cc2c1.CNCCOc1ccc2oc(C(=O)C(C)(C)C)cc2c1. The molecule has 6 aromatic carbocycles. The molecule has 24 nitrogen and oxygen atoms in total. The summed E-state index contributed by atoms with van der Waals surface area (Å²) in [5.41, 5.74) is 15.2. The normalized spacial score (nSPS) is 11.9. The topological polar surface area (TPSA) is 327 Å². The van der Waals surface area contributed by atoms with Crippen molar-refractivity contribution in [1.29, 1.82) is 0 Å². The molecule has 9 N–H and O–H groups in total. The van der Waals surface area contributed by atoms with Crippen LogP contribution in [0, 0.1) is 32.5 Å². The molecule has 24 heteroatoms. The Morgan fingerprint density at radius 3 is 0.758 bits per heavy atom. The number of hydrogen-bond acceptors (Lipinski definition) is 21. The molecule has 0 saturated heterocycles. The van der Waals surface area contributed by atoms with E-state index in [2.05, 4.69) is 35.4 Å². The van der Waals surface area contributed by atoms with Gasteiger partial charge in [-0.05, 0) is 188 Å². The van der Waals surface area contributed by atoms with E-state index in [1.165, 1.54) is 0 Å². The van der Waals surface area contributed by atoms with Gasteiger partial charge in [-0.2, -0.15) is 0 Å². The van der Waals surface area contributed by atoms with Crippen molar-refractivity contribution in [2.45, 2.75) is 125 Å². The number of nitrogens with two attached hydrogens (primary N) is 2. The van der Waals surface area contributed by atoms with Crippen LogP contribution in [-0.2, 0) is 0 Å². The number of carbonyl (C=O) groups is 6. The average molecular weight is 1650 g/mol. The number of Topliss-reactive ketones (excluding diaryl/α,β-unsaturated/α-hetero) is 6. The Labute approximate surface area is 706 Å². The summed E-state index contributed by atoms with van der Waals surface area (Å²) in [6, 6.07) is 45.1. The van der Waals surface area contributed by atoms with Gasteiger partial charge >= 0.3 is 0 Å². The minimum Gasteiger partial charge on any atom is -0.492 e. The Hall–Kier alpha value is -10.9. The number of fused-ring (bicyclic) bond motifs is 6. The van der Waals surface area contributed by atoms with Crippen LogP contribution in [0.15, 0.2) is 159 Å². The molecular weight excluding hydrogens is 1520 g/mol. The molecule has 0 atom stereocenters. The van der Waals surface area contributed by atoms with Crippen molar-refractivity contribution in [3.63, 3.8) is 0 Å². The molecule has 6 aromatic heterocycles. The first-order valence-electron chi connectivity index (χ1n) is 40.7. The number of nitrogens with zero attached hydrogens (tertiary/aromatic N) is 2. The summed E-state index contributed by atoms with van der Waals surface area (Å²) in [4.78, 5) is 87.0. The van der Waals surface area contributed by atoms with Crippen LogP contribution in [0.2, 0.25) is 0 Å². The van der Waals surface area contributed by atoms with Gasteiger partial charge in [0, 0.05) is 121 Å². The van der Waals surface area contributed by atoms with E-state index in [0.717, 1.165) is 110 Å². The molecule has 12 aromatic rings. The molecule has 0 aliphatic heterocycles. The first kappa shape index (κ1) is 96.3. The molecule has 648 valence electrons. The third kappa shape index (κ3) is 28.7. The zero-order valence-electron chi connectivity index (χ0n) is 75.0. The Bertz CT molecular complexity index is 5060. The molecule has 12 rings (SSSR count). The van der Waals surface area contributed by atoms with Crippen LogP contribution < -0.4 is 50.5 Å². The zero-order chi connectivity index (χ0) is 88.8. The molecule has 0 unspecified atom stereocenters. The summed E-state index contributed by atoms with van der Waals surface area (Å²) in [6.07, 6.45) is 0. The summed E-state index contributed by atoms with van der Waals surface area (Å²) in [6.45, 7) is 42.0. The zero-order valence-corrected chi connectivity index (χ0v) is 75.0. The molecule has 0 aliphatic carbocycles. The fourth-order valence-electron chi connectivity index (χ4n) is 11.5. The van der Waals surface area contributed by atoms with Gasteiger partial charge in [-0.3, -0.25) is 28.8 Å². The molecule has 0 aliphatic rings. The van der Waals surface area contributed by atoms with E-state index in [9.17, 15) is 28.8 Å².